The number of pyridine rings is 1. The summed E-state index contributed by atoms with van der Waals surface area (Å²) in [6.07, 6.45) is 10.3. The van der Waals surface area contributed by atoms with Gasteiger partial charge in [0.1, 0.15) is 11.5 Å². The smallest absolute Gasteiger partial charge is 0.129 e. The first kappa shape index (κ1) is 18.2. The van der Waals surface area contributed by atoms with Crippen LogP contribution in [0.25, 0.3) is 6.08 Å². The Morgan fingerprint density at radius 2 is 2.08 bits per heavy atom. The number of aromatic nitrogens is 1. The first-order valence-corrected chi connectivity index (χ1v) is 9.16. The average Bonchev–Trinajstić information content (AvgIpc) is 2.70. The lowest BCUT2D eigenvalue weighted by atomic mass is 9.90. The van der Waals surface area contributed by atoms with Crippen LogP contribution in [-0.2, 0) is 0 Å². The Hall–Kier alpha value is -2.62. The lowest BCUT2D eigenvalue weighted by Crippen LogP contribution is -2.19. The SMILES string of the molecule is CCC[C@H]1CC/C(=C\c2ccc(OC)cc2OC)C(c2cccnc2)=N1. The summed E-state index contributed by atoms with van der Waals surface area (Å²) in [4.78, 5) is 9.33. The molecular weight excluding hydrogens is 324 g/mol. The molecule has 1 aliphatic heterocycles. The van der Waals surface area contributed by atoms with Crippen molar-refractivity contribution in [2.24, 2.45) is 4.99 Å². The zero-order valence-corrected chi connectivity index (χ0v) is 15.7. The Labute approximate surface area is 155 Å². The molecule has 4 nitrogen and oxygen atoms in total. The first-order valence-electron chi connectivity index (χ1n) is 9.16. The van der Waals surface area contributed by atoms with Crippen molar-refractivity contribution in [3.05, 3.63) is 59.4 Å². The van der Waals surface area contributed by atoms with E-state index in [-0.39, 0.29) is 0 Å². The highest BCUT2D eigenvalue weighted by Crippen LogP contribution is 2.31. The largest absolute Gasteiger partial charge is 0.497 e. The van der Waals surface area contributed by atoms with Gasteiger partial charge in [-0.3, -0.25) is 9.98 Å². The Morgan fingerprint density at radius 1 is 1.19 bits per heavy atom. The van der Waals surface area contributed by atoms with Crippen molar-refractivity contribution in [3.8, 4) is 11.5 Å². The van der Waals surface area contributed by atoms with Crippen molar-refractivity contribution in [1.29, 1.82) is 0 Å². The van der Waals surface area contributed by atoms with Gasteiger partial charge in [-0.2, -0.15) is 0 Å². The summed E-state index contributed by atoms with van der Waals surface area (Å²) in [6.45, 7) is 2.22. The van der Waals surface area contributed by atoms with E-state index >= 15 is 0 Å². The average molecular weight is 350 g/mol. The molecule has 0 amide bonds. The highest BCUT2D eigenvalue weighted by Gasteiger charge is 2.20. The van der Waals surface area contributed by atoms with Crippen LogP contribution in [0.4, 0.5) is 0 Å². The molecule has 1 aromatic carbocycles. The van der Waals surface area contributed by atoms with Gasteiger partial charge in [-0.05, 0) is 55.2 Å². The van der Waals surface area contributed by atoms with E-state index in [4.69, 9.17) is 14.5 Å². The lowest BCUT2D eigenvalue weighted by molar-refractivity contribution is 0.393. The summed E-state index contributed by atoms with van der Waals surface area (Å²) >= 11 is 0. The van der Waals surface area contributed by atoms with Crippen LogP contribution in [0.5, 0.6) is 11.5 Å². The molecule has 4 heteroatoms. The minimum Gasteiger partial charge on any atom is -0.497 e. The molecule has 0 bridgehead atoms. The molecule has 1 aliphatic rings. The monoisotopic (exact) mass is 350 g/mol. The van der Waals surface area contributed by atoms with Gasteiger partial charge in [0.25, 0.3) is 0 Å². The highest BCUT2D eigenvalue weighted by atomic mass is 16.5. The summed E-state index contributed by atoms with van der Waals surface area (Å²) in [5.74, 6) is 1.59. The summed E-state index contributed by atoms with van der Waals surface area (Å²) in [5, 5.41) is 0. The number of nitrogens with zero attached hydrogens (tertiary/aromatic N) is 2. The highest BCUT2D eigenvalue weighted by molar-refractivity contribution is 6.15. The van der Waals surface area contributed by atoms with Crippen molar-refractivity contribution in [2.45, 2.75) is 38.6 Å². The molecule has 3 rings (SSSR count). The molecule has 0 saturated heterocycles. The van der Waals surface area contributed by atoms with Gasteiger partial charge >= 0.3 is 0 Å². The second kappa shape index (κ2) is 8.65. The molecule has 0 spiro atoms. The summed E-state index contributed by atoms with van der Waals surface area (Å²) in [5.41, 5.74) is 4.40. The number of aliphatic imine (C=N–C) groups is 1. The quantitative estimate of drug-likeness (QED) is 0.741. The first-order chi connectivity index (χ1) is 12.7. The fraction of sp³-hybridized carbons (Fsp3) is 0.364. The molecule has 0 saturated carbocycles. The number of benzene rings is 1. The summed E-state index contributed by atoms with van der Waals surface area (Å²) < 4.78 is 10.9. The van der Waals surface area contributed by atoms with Gasteiger partial charge < -0.3 is 9.47 Å². The molecule has 0 radical (unpaired) electrons. The van der Waals surface area contributed by atoms with Gasteiger partial charge in [0.05, 0.1) is 26.0 Å². The van der Waals surface area contributed by atoms with E-state index in [1.807, 2.05) is 30.5 Å². The third-order valence-electron chi connectivity index (χ3n) is 4.69. The van der Waals surface area contributed by atoms with E-state index in [0.29, 0.717) is 6.04 Å². The molecule has 1 aromatic heterocycles. The lowest BCUT2D eigenvalue weighted by Gasteiger charge is -2.23. The number of ether oxygens (including phenoxy) is 2. The predicted molar refractivity (Wildman–Crippen MR) is 106 cm³/mol. The van der Waals surface area contributed by atoms with Crippen LogP contribution in [0.3, 0.4) is 0 Å². The third kappa shape index (κ3) is 4.13. The van der Waals surface area contributed by atoms with E-state index in [1.165, 1.54) is 5.57 Å². The van der Waals surface area contributed by atoms with Crippen LogP contribution >= 0.6 is 0 Å². The van der Waals surface area contributed by atoms with E-state index in [9.17, 15) is 0 Å². The molecule has 136 valence electrons. The van der Waals surface area contributed by atoms with Crippen LogP contribution in [-0.4, -0.2) is 31.0 Å². The number of methoxy groups -OCH3 is 2. The maximum absolute atomic E-state index is 5.55. The summed E-state index contributed by atoms with van der Waals surface area (Å²) in [7, 11) is 3.35. The van der Waals surface area contributed by atoms with Crippen molar-refractivity contribution < 1.29 is 9.47 Å². The van der Waals surface area contributed by atoms with Crippen molar-refractivity contribution in [3.63, 3.8) is 0 Å². The molecule has 2 heterocycles. The molecule has 0 fully saturated rings. The van der Waals surface area contributed by atoms with Crippen LogP contribution < -0.4 is 9.47 Å². The minimum atomic E-state index is 0.394. The van der Waals surface area contributed by atoms with Crippen molar-refractivity contribution in [1.82, 2.24) is 4.98 Å². The molecule has 1 atom stereocenters. The Morgan fingerprint density at radius 3 is 2.77 bits per heavy atom. The van der Waals surface area contributed by atoms with E-state index < -0.39 is 0 Å². The fourth-order valence-electron chi connectivity index (χ4n) is 3.34. The predicted octanol–water partition coefficient (Wildman–Crippen LogP) is 4.93. The van der Waals surface area contributed by atoms with Crippen LogP contribution in [0.2, 0.25) is 0 Å². The maximum atomic E-state index is 5.55. The standard InChI is InChI=1S/C22H26N2O2/c1-4-6-19-10-8-17(22(24-19)18-7-5-12-23-15-18)13-16-9-11-20(25-2)14-21(16)26-3/h5,7,9,11-15,19H,4,6,8,10H2,1-3H3/b17-13+/t19-/m0/s1. The zero-order chi connectivity index (χ0) is 18.4. The van der Waals surface area contributed by atoms with Gasteiger partial charge in [0.15, 0.2) is 0 Å². The molecule has 0 unspecified atom stereocenters. The summed E-state index contributed by atoms with van der Waals surface area (Å²) in [6, 6.07) is 10.3. The minimum absolute atomic E-state index is 0.394. The van der Waals surface area contributed by atoms with Crippen molar-refractivity contribution >= 4 is 11.8 Å². The molecule has 2 aromatic rings. The second-order valence-electron chi connectivity index (χ2n) is 6.48. The number of hydrogen-bond acceptors (Lipinski definition) is 4. The fourth-order valence-corrected chi connectivity index (χ4v) is 3.34. The van der Waals surface area contributed by atoms with Gasteiger partial charge in [-0.25, -0.2) is 0 Å². The van der Waals surface area contributed by atoms with E-state index in [2.05, 4.69) is 24.1 Å². The molecule has 0 aliphatic carbocycles. The van der Waals surface area contributed by atoms with Gasteiger partial charge in [-0.15, -0.1) is 0 Å². The maximum Gasteiger partial charge on any atom is 0.129 e. The van der Waals surface area contributed by atoms with Crippen molar-refractivity contribution in [2.75, 3.05) is 14.2 Å². The van der Waals surface area contributed by atoms with E-state index in [1.54, 1.807) is 20.4 Å². The van der Waals surface area contributed by atoms with E-state index in [0.717, 1.165) is 54.0 Å². The number of rotatable bonds is 6. The number of hydrogen-bond donors (Lipinski definition) is 0. The van der Waals surface area contributed by atoms with Crippen LogP contribution in [0.15, 0.2) is 53.3 Å². The second-order valence-corrected chi connectivity index (χ2v) is 6.48. The molecule has 26 heavy (non-hydrogen) atoms. The van der Waals surface area contributed by atoms with Gasteiger partial charge in [0.2, 0.25) is 0 Å². The molecule has 0 N–H and O–H groups in total. The topological polar surface area (TPSA) is 43.7 Å². The Balaban J connectivity index is 2.02. The van der Waals surface area contributed by atoms with Gasteiger partial charge in [0, 0.05) is 29.6 Å². The Kier molecular flexibility index (Phi) is 6.05. The zero-order valence-electron chi connectivity index (χ0n) is 15.7. The Bertz CT molecular complexity index is 797. The van der Waals surface area contributed by atoms with Crippen LogP contribution in [0, 0.1) is 0 Å². The number of allylic oxidation sites excluding steroid dienone is 1. The van der Waals surface area contributed by atoms with Gasteiger partial charge in [-0.1, -0.05) is 13.3 Å². The molecular formula is C22H26N2O2. The third-order valence-corrected chi connectivity index (χ3v) is 4.69. The normalized spacial score (nSPS) is 18.5. The van der Waals surface area contributed by atoms with Crippen LogP contribution in [0.1, 0.15) is 43.7 Å².